The maximum absolute atomic E-state index is 12.3. The number of carbonyl (C=O) groups excluding carboxylic acids is 2. The highest BCUT2D eigenvalue weighted by atomic mass is 16.6. The summed E-state index contributed by atoms with van der Waals surface area (Å²) in [6.07, 6.45) is 1.78. The van der Waals surface area contributed by atoms with Gasteiger partial charge in [-0.25, -0.2) is 15.0 Å². The summed E-state index contributed by atoms with van der Waals surface area (Å²) in [6, 6.07) is -0.683. The normalized spacial score (nSPS) is 17.5. The molecule has 1 aromatic rings. The fourth-order valence-corrected chi connectivity index (χ4v) is 2.58. The van der Waals surface area contributed by atoms with Gasteiger partial charge in [-0.1, -0.05) is 0 Å². The van der Waals surface area contributed by atoms with Crippen LogP contribution in [0.15, 0.2) is 14.7 Å². The molecule has 3 N–H and O–H groups in total. The lowest BCUT2D eigenvalue weighted by atomic mass is 10.2. The van der Waals surface area contributed by atoms with E-state index in [4.69, 9.17) is 4.74 Å². The molecule has 0 spiro atoms. The number of amides is 2. The number of ether oxygens (including phenoxy) is 1. The first kappa shape index (κ1) is 19.4. The molecule has 142 valence electrons. The first-order valence-corrected chi connectivity index (χ1v) is 8.24. The number of H-pyrrole nitrogens is 2. The average Bonchev–Trinajstić information content (AvgIpc) is 2.97. The number of aromatic nitrogens is 2. The summed E-state index contributed by atoms with van der Waals surface area (Å²) < 4.78 is 5.31. The Morgan fingerprint density at radius 3 is 2.62 bits per heavy atom. The van der Waals surface area contributed by atoms with Crippen LogP contribution < -0.4 is 16.7 Å². The zero-order valence-corrected chi connectivity index (χ0v) is 15.2. The summed E-state index contributed by atoms with van der Waals surface area (Å²) in [7, 11) is 0. The molecular formula is C16H23N5O5. The fraction of sp³-hybridized carbons (Fsp3) is 0.562. The quantitative estimate of drug-likeness (QED) is 0.520. The first-order valence-electron chi connectivity index (χ1n) is 8.24. The van der Waals surface area contributed by atoms with E-state index in [2.05, 4.69) is 20.5 Å². The van der Waals surface area contributed by atoms with Crippen molar-refractivity contribution in [2.24, 2.45) is 5.10 Å². The minimum atomic E-state index is -0.683. The van der Waals surface area contributed by atoms with Crippen LogP contribution in [-0.2, 0) is 9.53 Å². The van der Waals surface area contributed by atoms with Crippen molar-refractivity contribution in [3.05, 3.63) is 32.1 Å². The average molecular weight is 365 g/mol. The van der Waals surface area contributed by atoms with Crippen LogP contribution in [0.4, 0.5) is 4.79 Å². The second-order valence-corrected chi connectivity index (χ2v) is 7.01. The van der Waals surface area contributed by atoms with Crippen LogP contribution in [0.1, 0.15) is 44.9 Å². The first-order chi connectivity index (χ1) is 12.1. The number of hydrogen-bond donors (Lipinski definition) is 3. The number of hydrogen-bond acceptors (Lipinski definition) is 6. The summed E-state index contributed by atoms with van der Waals surface area (Å²) in [5.74, 6) is -0.469. The Bertz CT molecular complexity index is 833. The van der Waals surface area contributed by atoms with E-state index in [1.807, 2.05) is 0 Å². The van der Waals surface area contributed by atoms with E-state index in [-0.39, 0.29) is 5.56 Å². The largest absolute Gasteiger partial charge is 0.444 e. The van der Waals surface area contributed by atoms with Crippen LogP contribution in [0.25, 0.3) is 0 Å². The monoisotopic (exact) mass is 365 g/mol. The summed E-state index contributed by atoms with van der Waals surface area (Å²) in [6.45, 7) is 7.23. The van der Waals surface area contributed by atoms with E-state index >= 15 is 0 Å². The predicted molar refractivity (Wildman–Crippen MR) is 94.1 cm³/mol. The molecule has 2 rings (SSSR count). The van der Waals surface area contributed by atoms with Gasteiger partial charge in [0, 0.05) is 12.2 Å². The molecule has 1 atom stereocenters. The highest BCUT2D eigenvalue weighted by Crippen LogP contribution is 2.20. The van der Waals surface area contributed by atoms with Crippen LogP contribution in [-0.4, -0.2) is 51.3 Å². The highest BCUT2D eigenvalue weighted by Gasteiger charge is 2.36. The van der Waals surface area contributed by atoms with Crippen LogP contribution in [0.5, 0.6) is 0 Å². The highest BCUT2D eigenvalue weighted by molar-refractivity contribution is 5.88. The topological polar surface area (TPSA) is 137 Å². The molecule has 26 heavy (non-hydrogen) atoms. The van der Waals surface area contributed by atoms with Crippen molar-refractivity contribution in [1.29, 1.82) is 0 Å². The molecule has 10 heteroatoms. The molecule has 1 aromatic heterocycles. The lowest BCUT2D eigenvalue weighted by molar-refractivity contribution is -0.125. The van der Waals surface area contributed by atoms with Crippen molar-refractivity contribution in [2.75, 3.05) is 6.54 Å². The van der Waals surface area contributed by atoms with Gasteiger partial charge in [0.15, 0.2) is 0 Å². The van der Waals surface area contributed by atoms with Crippen molar-refractivity contribution < 1.29 is 14.3 Å². The van der Waals surface area contributed by atoms with Crippen LogP contribution in [0.3, 0.4) is 0 Å². The van der Waals surface area contributed by atoms with Gasteiger partial charge in [-0.3, -0.25) is 19.5 Å². The molecule has 2 heterocycles. The molecule has 0 bridgehead atoms. The Balaban J connectivity index is 2.04. The zero-order valence-electron chi connectivity index (χ0n) is 15.2. The second-order valence-electron chi connectivity index (χ2n) is 7.01. The molecule has 2 amide bonds. The van der Waals surface area contributed by atoms with Crippen molar-refractivity contribution in [3.8, 4) is 0 Å². The van der Waals surface area contributed by atoms with E-state index in [0.717, 1.165) is 6.21 Å². The van der Waals surface area contributed by atoms with Gasteiger partial charge in [0.05, 0.1) is 11.8 Å². The third kappa shape index (κ3) is 4.80. The number of nitrogens with zero attached hydrogens (tertiary/aromatic N) is 2. The Morgan fingerprint density at radius 2 is 2.00 bits per heavy atom. The molecule has 0 saturated carbocycles. The van der Waals surface area contributed by atoms with Crippen molar-refractivity contribution in [2.45, 2.75) is 52.2 Å². The number of carbonyl (C=O) groups is 2. The van der Waals surface area contributed by atoms with Gasteiger partial charge in [-0.15, -0.1) is 0 Å². The molecule has 0 unspecified atom stereocenters. The fourth-order valence-electron chi connectivity index (χ4n) is 2.58. The minimum absolute atomic E-state index is 0.125. The number of likely N-dealkylation sites (tertiary alicyclic amines) is 1. The van der Waals surface area contributed by atoms with Crippen molar-refractivity contribution >= 4 is 18.2 Å². The van der Waals surface area contributed by atoms with E-state index in [0.29, 0.717) is 25.1 Å². The van der Waals surface area contributed by atoms with E-state index in [1.165, 1.54) is 4.90 Å². The van der Waals surface area contributed by atoms with Gasteiger partial charge < -0.3 is 9.72 Å². The predicted octanol–water partition coefficient (Wildman–Crippen LogP) is 0.221. The lowest BCUT2D eigenvalue weighted by Gasteiger charge is -2.27. The van der Waals surface area contributed by atoms with E-state index < -0.39 is 34.9 Å². The lowest BCUT2D eigenvalue weighted by Crippen LogP contribution is -2.46. The summed E-state index contributed by atoms with van der Waals surface area (Å²) in [5.41, 5.74) is 0.899. The van der Waals surface area contributed by atoms with Crippen molar-refractivity contribution in [3.63, 3.8) is 0 Å². The SMILES string of the molecule is Cc1[nH]c(=O)[nH]c(=O)c1/C=N/NC(=O)[C@H]1CCCN1C(=O)OC(C)(C)C. The van der Waals surface area contributed by atoms with Gasteiger partial charge in [0.25, 0.3) is 11.5 Å². The third-order valence-corrected chi connectivity index (χ3v) is 3.73. The number of rotatable bonds is 3. The maximum Gasteiger partial charge on any atom is 0.410 e. The van der Waals surface area contributed by atoms with E-state index in [9.17, 15) is 19.2 Å². The smallest absolute Gasteiger partial charge is 0.410 e. The van der Waals surface area contributed by atoms with Gasteiger partial charge in [0.1, 0.15) is 11.6 Å². The summed E-state index contributed by atoms with van der Waals surface area (Å²) in [5, 5.41) is 3.76. The molecule has 1 aliphatic rings. The number of nitrogens with one attached hydrogen (secondary N) is 3. The van der Waals surface area contributed by atoms with Gasteiger partial charge in [-0.2, -0.15) is 5.10 Å². The van der Waals surface area contributed by atoms with Crippen LogP contribution in [0, 0.1) is 6.92 Å². The minimum Gasteiger partial charge on any atom is -0.444 e. The molecule has 0 aromatic carbocycles. The van der Waals surface area contributed by atoms with Crippen LogP contribution >= 0.6 is 0 Å². The second kappa shape index (κ2) is 7.54. The van der Waals surface area contributed by atoms with Gasteiger partial charge in [0.2, 0.25) is 0 Å². The zero-order chi connectivity index (χ0) is 19.5. The molecule has 10 nitrogen and oxygen atoms in total. The summed E-state index contributed by atoms with van der Waals surface area (Å²) in [4.78, 5) is 53.3. The standard InChI is InChI=1S/C16H23N5O5/c1-9-10(12(22)19-14(24)18-9)8-17-20-13(23)11-6-5-7-21(11)15(25)26-16(2,3)4/h8,11H,5-7H2,1-4H3,(H,20,23)(H2,18,19,22,24)/b17-8+/t11-/m1/s1. The van der Waals surface area contributed by atoms with E-state index in [1.54, 1.807) is 27.7 Å². The molecule has 1 fully saturated rings. The van der Waals surface area contributed by atoms with Gasteiger partial charge in [-0.05, 0) is 40.5 Å². The van der Waals surface area contributed by atoms with Gasteiger partial charge >= 0.3 is 11.8 Å². The Hall–Kier alpha value is -2.91. The van der Waals surface area contributed by atoms with Crippen LogP contribution in [0.2, 0.25) is 0 Å². The molecule has 0 aliphatic carbocycles. The maximum atomic E-state index is 12.3. The summed E-state index contributed by atoms with van der Waals surface area (Å²) >= 11 is 0. The van der Waals surface area contributed by atoms with Crippen molar-refractivity contribution in [1.82, 2.24) is 20.3 Å². The Kier molecular flexibility index (Phi) is 5.63. The Morgan fingerprint density at radius 1 is 1.31 bits per heavy atom. The number of aryl methyl sites for hydroxylation is 1. The Labute approximate surface area is 149 Å². The molecule has 1 saturated heterocycles. The number of aromatic amines is 2. The molecular weight excluding hydrogens is 342 g/mol. The molecule has 1 aliphatic heterocycles. The third-order valence-electron chi connectivity index (χ3n) is 3.73. The number of hydrazone groups is 1. The molecule has 0 radical (unpaired) electrons.